The molecular weight excluding hydrogens is 326 g/mol. The molecule has 2 fully saturated rings. The summed E-state index contributed by atoms with van der Waals surface area (Å²) in [5, 5.41) is 10.4. The van der Waals surface area contributed by atoms with Crippen molar-refractivity contribution in [1.29, 1.82) is 0 Å². The highest BCUT2D eigenvalue weighted by atomic mass is 35.5. The van der Waals surface area contributed by atoms with Gasteiger partial charge in [-0.05, 0) is 37.8 Å². The summed E-state index contributed by atoms with van der Waals surface area (Å²) in [6.07, 6.45) is 3.27. The smallest absolute Gasteiger partial charge is 0.224 e. The number of halogens is 1. The summed E-state index contributed by atoms with van der Waals surface area (Å²) >= 11 is 0. The molecule has 1 aromatic carbocycles. The predicted octanol–water partition coefficient (Wildman–Crippen LogP) is 2.77. The van der Waals surface area contributed by atoms with Crippen molar-refractivity contribution in [2.75, 3.05) is 13.1 Å². The van der Waals surface area contributed by atoms with Gasteiger partial charge in [0.15, 0.2) is 5.76 Å². The van der Waals surface area contributed by atoms with E-state index in [0.29, 0.717) is 12.3 Å². The average molecular weight is 348 g/mol. The summed E-state index contributed by atoms with van der Waals surface area (Å²) in [4.78, 5) is 12.3. The summed E-state index contributed by atoms with van der Waals surface area (Å²) in [7, 11) is 0. The van der Waals surface area contributed by atoms with Crippen LogP contribution in [0.3, 0.4) is 0 Å². The minimum atomic E-state index is 0. The van der Waals surface area contributed by atoms with Crippen LogP contribution in [0.25, 0.3) is 11.3 Å². The number of amides is 1. The molecule has 1 aliphatic heterocycles. The summed E-state index contributed by atoms with van der Waals surface area (Å²) in [5.74, 6) is 1.03. The Morgan fingerprint density at radius 2 is 2.04 bits per heavy atom. The number of benzene rings is 1. The number of carbonyl (C=O) groups excluding carboxylic acids is 1. The van der Waals surface area contributed by atoms with Gasteiger partial charge in [-0.2, -0.15) is 0 Å². The molecule has 1 amide bonds. The van der Waals surface area contributed by atoms with Crippen LogP contribution in [0.5, 0.6) is 0 Å². The maximum absolute atomic E-state index is 12.3. The highest BCUT2D eigenvalue weighted by molar-refractivity contribution is 5.85. The molecule has 1 aliphatic carbocycles. The van der Waals surface area contributed by atoms with E-state index in [1.165, 1.54) is 0 Å². The number of aromatic nitrogens is 1. The Morgan fingerprint density at radius 3 is 2.79 bits per heavy atom. The second-order valence-corrected chi connectivity index (χ2v) is 6.63. The maximum Gasteiger partial charge on any atom is 0.224 e. The number of nitrogens with one attached hydrogen (secondary N) is 2. The SMILES string of the molecule is Cl.O=C(NCc1cc(-c2ccccc2)no1)C1CC12CCNCC2. The van der Waals surface area contributed by atoms with E-state index in [4.69, 9.17) is 4.52 Å². The second kappa shape index (κ2) is 6.95. The predicted molar refractivity (Wildman–Crippen MR) is 93.7 cm³/mol. The number of nitrogens with zero attached hydrogens (tertiary/aromatic N) is 1. The van der Waals surface area contributed by atoms with Crippen molar-refractivity contribution in [2.45, 2.75) is 25.8 Å². The fraction of sp³-hybridized carbons (Fsp3) is 0.444. The number of carbonyl (C=O) groups is 1. The quantitative estimate of drug-likeness (QED) is 0.892. The molecule has 1 saturated carbocycles. The molecule has 2 N–H and O–H groups in total. The highest BCUT2D eigenvalue weighted by Gasteiger charge is 2.57. The van der Waals surface area contributed by atoms with Crippen LogP contribution in [-0.4, -0.2) is 24.2 Å². The van der Waals surface area contributed by atoms with E-state index >= 15 is 0 Å². The van der Waals surface area contributed by atoms with Gasteiger partial charge in [0.1, 0.15) is 5.69 Å². The molecule has 1 aromatic heterocycles. The molecule has 0 bridgehead atoms. The van der Waals surface area contributed by atoms with E-state index in [2.05, 4.69) is 15.8 Å². The van der Waals surface area contributed by atoms with Gasteiger partial charge < -0.3 is 15.2 Å². The Morgan fingerprint density at radius 1 is 1.29 bits per heavy atom. The molecule has 4 rings (SSSR count). The Balaban J connectivity index is 0.00000169. The van der Waals surface area contributed by atoms with Gasteiger partial charge in [-0.3, -0.25) is 4.79 Å². The molecule has 2 aromatic rings. The standard InChI is InChI=1S/C18H21N3O2.ClH/c22-17(15-11-18(15)6-8-19-9-7-18)20-12-14-10-16(21-23-14)13-4-2-1-3-5-13;/h1-5,10,15,19H,6-9,11-12H2,(H,20,22);1H. The van der Waals surface area contributed by atoms with Crippen molar-refractivity contribution < 1.29 is 9.32 Å². The van der Waals surface area contributed by atoms with Gasteiger partial charge in [-0.1, -0.05) is 35.5 Å². The third-order valence-electron chi connectivity index (χ3n) is 5.17. The van der Waals surface area contributed by atoms with Gasteiger partial charge in [0, 0.05) is 17.5 Å². The molecule has 1 atom stereocenters. The first-order valence-electron chi connectivity index (χ1n) is 8.26. The molecule has 1 spiro atoms. The van der Waals surface area contributed by atoms with Crippen molar-refractivity contribution in [3.63, 3.8) is 0 Å². The molecule has 2 heterocycles. The lowest BCUT2D eigenvalue weighted by molar-refractivity contribution is -0.123. The molecule has 24 heavy (non-hydrogen) atoms. The zero-order chi connectivity index (χ0) is 15.7. The Hall–Kier alpha value is -1.85. The van der Waals surface area contributed by atoms with Crippen LogP contribution in [0.2, 0.25) is 0 Å². The maximum atomic E-state index is 12.3. The molecule has 128 valence electrons. The van der Waals surface area contributed by atoms with Crippen molar-refractivity contribution in [2.24, 2.45) is 11.3 Å². The lowest BCUT2D eigenvalue weighted by Gasteiger charge is -2.23. The Kier molecular flexibility index (Phi) is 4.92. The fourth-order valence-corrected chi connectivity index (χ4v) is 3.63. The van der Waals surface area contributed by atoms with Crippen molar-refractivity contribution in [3.8, 4) is 11.3 Å². The van der Waals surface area contributed by atoms with Gasteiger partial charge in [-0.15, -0.1) is 12.4 Å². The largest absolute Gasteiger partial charge is 0.359 e. The number of hydrogen-bond acceptors (Lipinski definition) is 4. The monoisotopic (exact) mass is 347 g/mol. The molecule has 2 aliphatic rings. The van der Waals surface area contributed by atoms with Gasteiger partial charge in [0.25, 0.3) is 0 Å². The lowest BCUT2D eigenvalue weighted by atomic mass is 9.92. The Bertz CT molecular complexity index is 695. The summed E-state index contributed by atoms with van der Waals surface area (Å²) in [6.45, 7) is 2.47. The van der Waals surface area contributed by atoms with Gasteiger partial charge in [0.05, 0.1) is 6.54 Å². The first-order valence-corrected chi connectivity index (χ1v) is 8.26. The minimum Gasteiger partial charge on any atom is -0.359 e. The molecule has 0 radical (unpaired) electrons. The third-order valence-corrected chi connectivity index (χ3v) is 5.17. The molecule has 5 nitrogen and oxygen atoms in total. The summed E-state index contributed by atoms with van der Waals surface area (Å²) in [5.41, 5.74) is 2.09. The van der Waals surface area contributed by atoms with Gasteiger partial charge in [0.2, 0.25) is 5.91 Å². The molecule has 1 saturated heterocycles. The summed E-state index contributed by atoms with van der Waals surface area (Å²) in [6, 6.07) is 11.8. The zero-order valence-electron chi connectivity index (χ0n) is 13.5. The van der Waals surface area contributed by atoms with Crippen LogP contribution in [-0.2, 0) is 11.3 Å². The molecular formula is C18H22ClN3O2. The van der Waals surface area contributed by atoms with Crippen molar-refractivity contribution in [1.82, 2.24) is 15.8 Å². The van der Waals surface area contributed by atoms with Crippen LogP contribution in [0, 0.1) is 11.3 Å². The van der Waals surface area contributed by atoms with Crippen LogP contribution in [0.1, 0.15) is 25.0 Å². The van der Waals surface area contributed by atoms with Crippen LogP contribution in [0.4, 0.5) is 0 Å². The third kappa shape index (κ3) is 3.32. The lowest BCUT2D eigenvalue weighted by Crippen LogP contribution is -2.33. The van der Waals surface area contributed by atoms with Crippen molar-refractivity contribution >= 4 is 18.3 Å². The second-order valence-electron chi connectivity index (χ2n) is 6.63. The minimum absolute atomic E-state index is 0. The zero-order valence-corrected chi connectivity index (χ0v) is 14.3. The van der Waals surface area contributed by atoms with Crippen molar-refractivity contribution in [3.05, 3.63) is 42.2 Å². The van der Waals surface area contributed by atoms with E-state index in [-0.39, 0.29) is 29.6 Å². The molecule has 6 heteroatoms. The van der Waals surface area contributed by atoms with Crippen LogP contribution < -0.4 is 10.6 Å². The molecule has 1 unspecified atom stereocenters. The average Bonchev–Trinajstić information content (AvgIpc) is 3.08. The van der Waals surface area contributed by atoms with E-state index in [0.717, 1.165) is 43.6 Å². The number of hydrogen-bond donors (Lipinski definition) is 2. The summed E-state index contributed by atoms with van der Waals surface area (Å²) < 4.78 is 5.33. The van der Waals surface area contributed by atoms with E-state index < -0.39 is 0 Å². The normalized spacial score (nSPS) is 21.1. The highest BCUT2D eigenvalue weighted by Crippen LogP contribution is 2.58. The van der Waals surface area contributed by atoms with Crippen LogP contribution >= 0.6 is 12.4 Å². The van der Waals surface area contributed by atoms with Gasteiger partial charge >= 0.3 is 0 Å². The van der Waals surface area contributed by atoms with E-state index in [9.17, 15) is 4.79 Å². The fourth-order valence-electron chi connectivity index (χ4n) is 3.63. The first-order chi connectivity index (χ1) is 11.3. The van der Waals surface area contributed by atoms with E-state index in [1.54, 1.807) is 0 Å². The topological polar surface area (TPSA) is 67.2 Å². The van der Waals surface area contributed by atoms with Crippen LogP contribution in [0.15, 0.2) is 40.9 Å². The van der Waals surface area contributed by atoms with E-state index in [1.807, 2.05) is 36.4 Å². The number of rotatable bonds is 4. The Labute approximate surface area is 147 Å². The first kappa shape index (κ1) is 17.0. The van der Waals surface area contributed by atoms with Gasteiger partial charge in [-0.25, -0.2) is 0 Å². The number of piperidine rings is 1.